The summed E-state index contributed by atoms with van der Waals surface area (Å²) in [6.45, 7) is 1.87. The Labute approximate surface area is 75.3 Å². The molecule has 4 nitrogen and oxygen atoms in total. The van der Waals surface area contributed by atoms with E-state index < -0.39 is 0 Å². The van der Waals surface area contributed by atoms with E-state index in [1.165, 1.54) is 11.3 Å². The molecule has 12 heavy (non-hydrogen) atoms. The Bertz CT molecular complexity index is 247. The van der Waals surface area contributed by atoms with Crippen LogP contribution in [-0.4, -0.2) is 30.2 Å². The van der Waals surface area contributed by atoms with Gasteiger partial charge in [0, 0.05) is 19.5 Å². The third-order valence-corrected chi connectivity index (χ3v) is 1.85. The summed E-state index contributed by atoms with van der Waals surface area (Å²) in [5.74, 6) is -0.121. The second-order valence-electron chi connectivity index (χ2n) is 1.83. The summed E-state index contributed by atoms with van der Waals surface area (Å²) < 4.78 is 0. The Balaban J connectivity index is 0.000000561. The van der Waals surface area contributed by atoms with Gasteiger partial charge in [-0.2, -0.15) is 0 Å². The molecule has 1 heterocycles. The number of aliphatic hydroxyl groups excluding tert-OH is 1. The van der Waals surface area contributed by atoms with E-state index in [0.29, 0.717) is 5.69 Å². The quantitative estimate of drug-likeness (QED) is 0.671. The molecule has 5 heteroatoms. The normalized spacial score (nSPS) is 8.33. The van der Waals surface area contributed by atoms with Gasteiger partial charge in [0.15, 0.2) is 0 Å². The third kappa shape index (κ3) is 2.98. The van der Waals surface area contributed by atoms with Crippen molar-refractivity contribution in [3.8, 4) is 0 Å². The molecule has 0 fully saturated rings. The fourth-order valence-corrected chi connectivity index (χ4v) is 1.19. The number of carbonyl (C=O) groups is 1. The van der Waals surface area contributed by atoms with E-state index >= 15 is 0 Å². The number of hydrogen-bond acceptors (Lipinski definition) is 4. The fraction of sp³-hybridized carbons (Fsp3) is 0.429. The molecule has 0 radical (unpaired) electrons. The van der Waals surface area contributed by atoms with Crippen molar-refractivity contribution in [3.63, 3.8) is 0 Å². The lowest BCUT2D eigenvalue weighted by Crippen LogP contribution is -2.17. The summed E-state index contributed by atoms with van der Waals surface area (Å²) in [7, 11) is 2.59. The third-order valence-electron chi connectivity index (χ3n) is 1.08. The topological polar surface area (TPSA) is 62.2 Å². The number of aliphatic hydroxyl groups is 1. The number of carbonyl (C=O) groups excluding carboxylic acids is 1. The van der Waals surface area contributed by atoms with Crippen molar-refractivity contribution in [3.05, 3.63) is 16.1 Å². The molecule has 0 bridgehead atoms. The monoisotopic (exact) mass is 188 g/mol. The standard InChI is InChI=1S/C6H8N2OS.CH4O/c1-4-8-5(3-10-4)6(9)7-2;1-2/h3H,1-2H3,(H,7,9);2H,1H3. The maximum absolute atomic E-state index is 10.9. The molecule has 0 atom stereocenters. The van der Waals surface area contributed by atoms with Crippen molar-refractivity contribution < 1.29 is 9.90 Å². The summed E-state index contributed by atoms with van der Waals surface area (Å²) in [5, 5.41) is 12.2. The molecule has 1 rings (SSSR count). The first-order valence-electron chi connectivity index (χ1n) is 3.33. The van der Waals surface area contributed by atoms with Crippen LogP contribution in [0.4, 0.5) is 0 Å². The molecular weight excluding hydrogens is 176 g/mol. The average molecular weight is 188 g/mol. The van der Waals surface area contributed by atoms with E-state index in [4.69, 9.17) is 5.11 Å². The molecule has 0 saturated carbocycles. The highest BCUT2D eigenvalue weighted by molar-refractivity contribution is 7.09. The Kier molecular flexibility index (Phi) is 5.23. The maximum Gasteiger partial charge on any atom is 0.270 e. The predicted octanol–water partition coefficient (Wildman–Crippen LogP) is 0.420. The van der Waals surface area contributed by atoms with Gasteiger partial charge in [0.2, 0.25) is 0 Å². The molecular formula is C7H12N2O2S. The highest BCUT2D eigenvalue weighted by atomic mass is 32.1. The lowest BCUT2D eigenvalue weighted by Gasteiger charge is -1.90. The SMILES string of the molecule is CNC(=O)c1csc(C)n1.CO. The van der Waals surface area contributed by atoms with E-state index in [2.05, 4.69) is 10.3 Å². The van der Waals surface area contributed by atoms with Gasteiger partial charge in [-0.15, -0.1) is 11.3 Å². The Hall–Kier alpha value is -0.940. The van der Waals surface area contributed by atoms with Gasteiger partial charge in [-0.3, -0.25) is 4.79 Å². The number of aromatic nitrogens is 1. The fourth-order valence-electron chi connectivity index (χ4n) is 0.596. The number of thiazole rings is 1. The summed E-state index contributed by atoms with van der Waals surface area (Å²) in [4.78, 5) is 14.8. The van der Waals surface area contributed by atoms with E-state index in [9.17, 15) is 4.79 Å². The zero-order valence-corrected chi connectivity index (χ0v) is 8.10. The van der Waals surface area contributed by atoms with E-state index in [-0.39, 0.29) is 5.91 Å². The Morgan fingerprint density at radius 1 is 1.67 bits per heavy atom. The lowest BCUT2D eigenvalue weighted by atomic mass is 10.5. The van der Waals surface area contributed by atoms with Crippen LogP contribution >= 0.6 is 11.3 Å². The van der Waals surface area contributed by atoms with Crippen LogP contribution < -0.4 is 5.32 Å². The average Bonchev–Trinajstić information content (AvgIpc) is 2.54. The van der Waals surface area contributed by atoms with Gasteiger partial charge in [0.25, 0.3) is 5.91 Å². The zero-order chi connectivity index (χ0) is 9.56. The van der Waals surface area contributed by atoms with Crippen molar-refractivity contribution in [2.75, 3.05) is 14.2 Å². The van der Waals surface area contributed by atoms with Gasteiger partial charge in [0.05, 0.1) is 5.01 Å². The number of nitrogens with zero attached hydrogens (tertiary/aromatic N) is 1. The molecule has 1 amide bonds. The van der Waals surface area contributed by atoms with E-state index in [1.54, 1.807) is 12.4 Å². The molecule has 0 saturated heterocycles. The molecule has 0 unspecified atom stereocenters. The molecule has 0 spiro atoms. The summed E-state index contributed by atoms with van der Waals surface area (Å²) in [5.41, 5.74) is 0.505. The van der Waals surface area contributed by atoms with Crippen LogP contribution in [0.25, 0.3) is 0 Å². The van der Waals surface area contributed by atoms with E-state index in [1.807, 2.05) is 6.92 Å². The minimum Gasteiger partial charge on any atom is -0.400 e. The van der Waals surface area contributed by atoms with Crippen molar-refractivity contribution >= 4 is 17.2 Å². The van der Waals surface area contributed by atoms with Crippen molar-refractivity contribution in [2.24, 2.45) is 0 Å². The molecule has 0 aliphatic carbocycles. The minimum absolute atomic E-state index is 0.121. The highest BCUT2D eigenvalue weighted by Crippen LogP contribution is 2.06. The first-order valence-corrected chi connectivity index (χ1v) is 4.21. The molecule has 1 aromatic rings. The zero-order valence-electron chi connectivity index (χ0n) is 7.29. The summed E-state index contributed by atoms with van der Waals surface area (Å²) in [6, 6.07) is 0. The van der Waals surface area contributed by atoms with Crippen molar-refractivity contribution in [1.29, 1.82) is 0 Å². The second-order valence-corrected chi connectivity index (χ2v) is 2.89. The molecule has 68 valence electrons. The molecule has 0 aromatic carbocycles. The number of rotatable bonds is 1. The molecule has 0 aliphatic rings. The highest BCUT2D eigenvalue weighted by Gasteiger charge is 2.04. The number of nitrogens with one attached hydrogen (secondary N) is 1. The lowest BCUT2D eigenvalue weighted by molar-refractivity contribution is 0.0958. The second kappa shape index (κ2) is 5.68. The first-order chi connectivity index (χ1) is 5.74. The van der Waals surface area contributed by atoms with Gasteiger partial charge in [-0.1, -0.05) is 0 Å². The van der Waals surface area contributed by atoms with Crippen molar-refractivity contribution in [2.45, 2.75) is 6.92 Å². The van der Waals surface area contributed by atoms with Crippen LogP contribution in [0.3, 0.4) is 0 Å². The Morgan fingerprint density at radius 3 is 2.58 bits per heavy atom. The van der Waals surface area contributed by atoms with Gasteiger partial charge >= 0.3 is 0 Å². The molecule has 2 N–H and O–H groups in total. The van der Waals surface area contributed by atoms with E-state index in [0.717, 1.165) is 12.1 Å². The molecule has 1 aromatic heterocycles. The van der Waals surface area contributed by atoms with Crippen molar-refractivity contribution in [1.82, 2.24) is 10.3 Å². The summed E-state index contributed by atoms with van der Waals surface area (Å²) in [6.07, 6.45) is 0. The van der Waals surface area contributed by atoms with Crippen LogP contribution in [0.2, 0.25) is 0 Å². The number of aryl methyl sites for hydroxylation is 1. The number of amides is 1. The first kappa shape index (κ1) is 11.1. The maximum atomic E-state index is 10.9. The van der Waals surface area contributed by atoms with Gasteiger partial charge in [-0.05, 0) is 6.92 Å². The molecule has 0 aliphatic heterocycles. The van der Waals surface area contributed by atoms with Gasteiger partial charge in [0.1, 0.15) is 5.69 Å². The van der Waals surface area contributed by atoms with Gasteiger partial charge in [-0.25, -0.2) is 4.98 Å². The number of hydrogen-bond donors (Lipinski definition) is 2. The van der Waals surface area contributed by atoms with Crippen LogP contribution in [-0.2, 0) is 0 Å². The van der Waals surface area contributed by atoms with Crippen LogP contribution in [0.5, 0.6) is 0 Å². The Morgan fingerprint density at radius 2 is 2.25 bits per heavy atom. The minimum atomic E-state index is -0.121. The predicted molar refractivity (Wildman–Crippen MR) is 48.4 cm³/mol. The van der Waals surface area contributed by atoms with Crippen LogP contribution in [0.1, 0.15) is 15.5 Å². The smallest absolute Gasteiger partial charge is 0.270 e. The van der Waals surface area contributed by atoms with Crippen LogP contribution in [0.15, 0.2) is 5.38 Å². The van der Waals surface area contributed by atoms with Crippen LogP contribution in [0, 0.1) is 6.92 Å². The largest absolute Gasteiger partial charge is 0.400 e. The van der Waals surface area contributed by atoms with Gasteiger partial charge < -0.3 is 10.4 Å². The summed E-state index contributed by atoms with van der Waals surface area (Å²) >= 11 is 1.48.